The van der Waals surface area contributed by atoms with Gasteiger partial charge in [-0.15, -0.1) is 0 Å². The zero-order valence-electron chi connectivity index (χ0n) is 25.2. The van der Waals surface area contributed by atoms with E-state index in [0.717, 1.165) is 28.6 Å². The van der Waals surface area contributed by atoms with Gasteiger partial charge in [0.2, 0.25) is 5.88 Å². The molecule has 1 atom stereocenters. The Balaban J connectivity index is 1.63. The Morgan fingerprint density at radius 1 is 0.957 bits per heavy atom. The van der Waals surface area contributed by atoms with Crippen LogP contribution >= 0.6 is 0 Å². The van der Waals surface area contributed by atoms with Gasteiger partial charge in [-0.3, -0.25) is 9.88 Å². The molecule has 8 nitrogen and oxygen atoms in total. The number of alkyl halides is 3. The first kappa shape index (κ1) is 32.2. The first-order chi connectivity index (χ1) is 21.8. The fraction of sp³-hybridized carbons (Fsp3) is 0.242. The molecule has 5 rings (SSSR count). The lowest BCUT2D eigenvalue weighted by molar-refractivity contribution is -0.0683. The monoisotopic (exact) mass is 640 g/mol. The summed E-state index contributed by atoms with van der Waals surface area (Å²) < 4.78 is 89.1. The molecule has 0 radical (unpaired) electrons. The molecule has 0 fully saturated rings. The van der Waals surface area contributed by atoms with Gasteiger partial charge in [-0.1, -0.05) is 42.5 Å². The highest BCUT2D eigenvalue weighted by molar-refractivity contribution is 5.94. The van der Waals surface area contributed by atoms with Crippen LogP contribution in [0.25, 0.3) is 28.0 Å². The third-order valence-corrected chi connectivity index (χ3v) is 6.63. The average Bonchev–Trinajstić information content (AvgIpc) is 3.28. The lowest BCUT2D eigenvalue weighted by Gasteiger charge is -2.20. The van der Waals surface area contributed by atoms with Crippen molar-refractivity contribution >= 4 is 22.8 Å². The van der Waals surface area contributed by atoms with E-state index in [1.165, 1.54) is 12.1 Å². The van der Waals surface area contributed by atoms with Crippen molar-refractivity contribution < 1.29 is 41.0 Å². The van der Waals surface area contributed by atoms with Gasteiger partial charge >= 0.3 is 12.5 Å². The molecule has 1 amide bonds. The Bertz CT molecular complexity index is 1840. The van der Waals surface area contributed by atoms with Crippen LogP contribution in [-0.2, 0) is 11.3 Å². The van der Waals surface area contributed by atoms with E-state index < -0.39 is 47.7 Å². The molecule has 2 heterocycles. The Hall–Kier alpha value is -5.20. The molecule has 0 spiro atoms. The van der Waals surface area contributed by atoms with Crippen LogP contribution in [0.1, 0.15) is 31.9 Å². The predicted octanol–water partition coefficient (Wildman–Crippen LogP) is 8.54. The number of hydrogen-bond donors (Lipinski definition) is 1. The number of anilines is 1. The minimum Gasteiger partial charge on any atom is -0.489 e. The number of carbonyl (C=O) groups excluding carboxylic acids is 1. The zero-order chi connectivity index (χ0) is 33.2. The van der Waals surface area contributed by atoms with E-state index in [-0.39, 0.29) is 29.1 Å². The molecule has 1 N–H and O–H groups in total. The number of amides is 1. The summed E-state index contributed by atoms with van der Waals surface area (Å²) in [5.41, 5.74) is 0.487. The first-order valence-electron chi connectivity index (χ1n) is 14.0. The minimum absolute atomic E-state index is 0.0386. The maximum absolute atomic E-state index is 15.9. The van der Waals surface area contributed by atoms with E-state index in [1.807, 2.05) is 6.07 Å². The van der Waals surface area contributed by atoms with Crippen molar-refractivity contribution in [3.05, 3.63) is 95.8 Å². The van der Waals surface area contributed by atoms with Crippen LogP contribution in [-0.4, -0.2) is 39.0 Å². The van der Waals surface area contributed by atoms with E-state index in [2.05, 4.69) is 15.3 Å². The van der Waals surface area contributed by atoms with Crippen molar-refractivity contribution in [2.75, 3.05) is 5.32 Å². The summed E-state index contributed by atoms with van der Waals surface area (Å²) in [6.45, 7) is 6.77. The number of hydrogen-bond acceptors (Lipinski definition) is 6. The molecule has 13 heteroatoms. The summed E-state index contributed by atoms with van der Waals surface area (Å²) in [5.74, 6) is -2.92. The quantitative estimate of drug-likeness (QED) is 0.163. The number of fused-ring (bicyclic) bond motifs is 1. The van der Waals surface area contributed by atoms with Gasteiger partial charge in [-0.25, -0.2) is 27.3 Å². The lowest BCUT2D eigenvalue weighted by Crippen LogP contribution is -2.27. The van der Waals surface area contributed by atoms with Crippen molar-refractivity contribution in [2.24, 2.45) is 0 Å². The van der Waals surface area contributed by atoms with Gasteiger partial charge in [0, 0.05) is 23.4 Å². The number of benzene rings is 3. The number of nitrogens with zero attached hydrogens (tertiary/aromatic N) is 3. The molecular weight excluding hydrogens is 611 g/mol. The normalized spacial score (nSPS) is 12.3. The van der Waals surface area contributed by atoms with Crippen molar-refractivity contribution in [3.63, 3.8) is 0 Å². The van der Waals surface area contributed by atoms with Gasteiger partial charge in [0.1, 0.15) is 35.5 Å². The number of carbonyl (C=O) groups is 1. The molecule has 0 aliphatic carbocycles. The average molecular weight is 641 g/mol. The topological polar surface area (TPSA) is 87.5 Å². The number of halogens is 5. The van der Waals surface area contributed by atoms with Crippen LogP contribution in [0.4, 0.5) is 32.4 Å². The van der Waals surface area contributed by atoms with Gasteiger partial charge in [-0.05, 0) is 51.0 Å². The molecule has 5 aromatic rings. The smallest absolute Gasteiger partial charge is 0.412 e. The highest BCUT2D eigenvalue weighted by atomic mass is 19.3. The van der Waals surface area contributed by atoms with Crippen molar-refractivity contribution in [2.45, 2.75) is 52.7 Å². The molecule has 46 heavy (non-hydrogen) atoms. The minimum atomic E-state index is -3.52. The van der Waals surface area contributed by atoms with Crippen LogP contribution in [0.5, 0.6) is 11.6 Å². The Kier molecular flexibility index (Phi) is 9.12. The van der Waals surface area contributed by atoms with Crippen molar-refractivity contribution in [1.82, 2.24) is 14.5 Å². The first-order valence-corrected chi connectivity index (χ1v) is 14.0. The number of nitrogens with one attached hydrogen (secondary N) is 1. The van der Waals surface area contributed by atoms with Crippen LogP contribution in [0.2, 0.25) is 0 Å². The van der Waals surface area contributed by atoms with E-state index >= 15 is 8.78 Å². The summed E-state index contributed by atoms with van der Waals surface area (Å²) in [7, 11) is 0. The maximum atomic E-state index is 15.9. The van der Waals surface area contributed by atoms with Crippen LogP contribution in [0.15, 0.2) is 73.1 Å². The predicted molar refractivity (Wildman–Crippen MR) is 161 cm³/mol. The van der Waals surface area contributed by atoms with Gasteiger partial charge < -0.3 is 14.2 Å². The van der Waals surface area contributed by atoms with Crippen molar-refractivity contribution in [3.8, 4) is 28.6 Å². The van der Waals surface area contributed by atoms with Gasteiger partial charge in [0.15, 0.2) is 11.6 Å². The molecular formula is C33H29F5N4O4. The second kappa shape index (κ2) is 13.0. The molecule has 1 unspecified atom stereocenters. The van der Waals surface area contributed by atoms with Gasteiger partial charge in [0.05, 0.1) is 11.2 Å². The Morgan fingerprint density at radius 3 is 2.22 bits per heavy atom. The molecule has 0 aliphatic heterocycles. The van der Waals surface area contributed by atoms with Crippen LogP contribution in [0, 0.1) is 18.6 Å². The summed E-state index contributed by atoms with van der Waals surface area (Å²) in [4.78, 5) is 20.3. The number of rotatable bonds is 9. The molecule has 3 aromatic carbocycles. The fourth-order valence-corrected chi connectivity index (χ4v) is 4.76. The summed E-state index contributed by atoms with van der Waals surface area (Å²) in [6, 6.07) is 17.1. The SMILES string of the molecule is Cc1c(-c2ccc(NC(=O)OC(C)(C)C)cc2)n(-c2c(F)cc(OCc3ccccc3)cc2F)c2c(OC(F)C(F)F)ncnc12. The third-order valence-electron chi connectivity index (χ3n) is 6.63. The van der Waals surface area contributed by atoms with Crippen molar-refractivity contribution in [1.29, 1.82) is 0 Å². The highest BCUT2D eigenvalue weighted by Gasteiger charge is 2.29. The largest absolute Gasteiger partial charge is 0.489 e. The Morgan fingerprint density at radius 2 is 1.61 bits per heavy atom. The van der Waals surface area contributed by atoms with E-state index in [1.54, 1.807) is 64.1 Å². The molecule has 240 valence electrons. The van der Waals surface area contributed by atoms with Gasteiger partial charge in [0.25, 0.3) is 6.36 Å². The number of ether oxygens (including phenoxy) is 3. The highest BCUT2D eigenvalue weighted by Crippen LogP contribution is 2.41. The number of aryl methyl sites for hydroxylation is 1. The van der Waals surface area contributed by atoms with E-state index in [9.17, 15) is 18.0 Å². The molecule has 0 aliphatic rings. The van der Waals surface area contributed by atoms with Crippen LogP contribution < -0.4 is 14.8 Å². The summed E-state index contributed by atoms with van der Waals surface area (Å²) in [6.07, 6.45) is -6.32. The maximum Gasteiger partial charge on any atom is 0.412 e. The molecule has 2 aromatic heterocycles. The zero-order valence-corrected chi connectivity index (χ0v) is 25.2. The standard InChI is InChI=1S/C33H29F5N4O4/c1-18-25-28(31(40-17-39-25)45-30(38)29(36)37)42(26(18)20-10-12-21(13-11-20)41-32(43)46-33(2,3)4)27-23(34)14-22(15-24(27)35)44-16-19-8-6-5-7-9-19/h5-15,17,29-30H,16H2,1-4H3,(H,41,43). The second-order valence-electron chi connectivity index (χ2n) is 11.2. The van der Waals surface area contributed by atoms with Crippen LogP contribution in [0.3, 0.4) is 0 Å². The molecule has 0 saturated carbocycles. The molecule has 0 saturated heterocycles. The van der Waals surface area contributed by atoms with E-state index in [0.29, 0.717) is 16.8 Å². The van der Waals surface area contributed by atoms with Gasteiger partial charge in [-0.2, -0.15) is 9.37 Å². The lowest BCUT2D eigenvalue weighted by atomic mass is 10.1. The summed E-state index contributed by atoms with van der Waals surface area (Å²) >= 11 is 0. The summed E-state index contributed by atoms with van der Waals surface area (Å²) in [5, 5.41) is 2.60. The third kappa shape index (κ3) is 7.03. The second-order valence-corrected chi connectivity index (χ2v) is 11.2. The Labute approximate surface area is 260 Å². The number of aromatic nitrogens is 3. The fourth-order valence-electron chi connectivity index (χ4n) is 4.76. The van der Waals surface area contributed by atoms with E-state index in [4.69, 9.17) is 14.2 Å². The molecule has 0 bridgehead atoms.